The number of nitrogens with two attached hydrogens (primary N) is 1. The highest BCUT2D eigenvalue weighted by Crippen LogP contribution is 2.21. The first-order chi connectivity index (χ1) is 8.88. The summed E-state index contributed by atoms with van der Waals surface area (Å²) in [6, 6.07) is 5.88. The maximum Gasteiger partial charge on any atom is 0.269 e. The minimum Gasteiger partial charge on any atom is -0.330 e. The predicted octanol–water partition coefficient (Wildman–Crippen LogP) is 1.79. The van der Waals surface area contributed by atoms with Crippen LogP contribution in [0.1, 0.15) is 13.8 Å². The molecule has 0 aliphatic heterocycles. The molecule has 1 aromatic carbocycles. The van der Waals surface area contributed by atoms with Gasteiger partial charge in [-0.2, -0.15) is 0 Å². The van der Waals surface area contributed by atoms with Crippen molar-refractivity contribution in [2.24, 2.45) is 17.6 Å². The summed E-state index contributed by atoms with van der Waals surface area (Å²) in [5.41, 5.74) is 6.24. The largest absolute Gasteiger partial charge is 0.330 e. The first-order valence-corrected chi connectivity index (χ1v) is 6.10. The Kier molecular flexibility index (Phi) is 5.00. The number of nitro benzene ring substituents is 1. The number of hydrogen-bond acceptors (Lipinski definition) is 4. The lowest BCUT2D eigenvalue weighted by Gasteiger charge is -2.25. The van der Waals surface area contributed by atoms with Gasteiger partial charge in [0.1, 0.15) is 0 Å². The number of anilines is 1. The van der Waals surface area contributed by atoms with Gasteiger partial charge in [-0.1, -0.05) is 13.8 Å². The van der Waals surface area contributed by atoms with E-state index in [0.717, 1.165) is 0 Å². The molecule has 0 heterocycles. The van der Waals surface area contributed by atoms with Gasteiger partial charge in [0.2, 0.25) is 5.91 Å². The van der Waals surface area contributed by atoms with Gasteiger partial charge in [0.05, 0.1) is 10.8 Å². The Bertz CT molecular complexity index is 457. The Morgan fingerprint density at radius 1 is 1.37 bits per heavy atom. The first-order valence-electron chi connectivity index (χ1n) is 6.10. The van der Waals surface area contributed by atoms with Crippen molar-refractivity contribution in [1.29, 1.82) is 0 Å². The van der Waals surface area contributed by atoms with Gasteiger partial charge >= 0.3 is 0 Å². The van der Waals surface area contributed by atoms with Crippen LogP contribution in [0.2, 0.25) is 0 Å². The molecule has 1 rings (SSSR count). The maximum absolute atomic E-state index is 12.2. The zero-order valence-corrected chi connectivity index (χ0v) is 11.4. The van der Waals surface area contributed by atoms with E-state index in [-0.39, 0.29) is 30.0 Å². The Labute approximate surface area is 112 Å². The number of nitrogens with zero attached hydrogens (tertiary/aromatic N) is 2. The van der Waals surface area contributed by atoms with E-state index in [2.05, 4.69) is 0 Å². The van der Waals surface area contributed by atoms with Crippen molar-refractivity contribution in [3.05, 3.63) is 34.4 Å². The van der Waals surface area contributed by atoms with Gasteiger partial charge in [-0.05, 0) is 18.1 Å². The topological polar surface area (TPSA) is 89.5 Å². The van der Waals surface area contributed by atoms with Crippen molar-refractivity contribution in [2.75, 3.05) is 18.5 Å². The van der Waals surface area contributed by atoms with Gasteiger partial charge < -0.3 is 10.6 Å². The van der Waals surface area contributed by atoms with Gasteiger partial charge in [-0.3, -0.25) is 14.9 Å². The summed E-state index contributed by atoms with van der Waals surface area (Å²) in [6.07, 6.45) is 0. The lowest BCUT2D eigenvalue weighted by atomic mass is 9.94. The number of benzene rings is 1. The van der Waals surface area contributed by atoms with E-state index >= 15 is 0 Å². The SMILES string of the molecule is CC(C)C(CN)C(=O)N(C)c1ccc([N+](=O)[O-])cc1. The molecule has 0 saturated heterocycles. The van der Waals surface area contributed by atoms with Crippen molar-refractivity contribution in [2.45, 2.75) is 13.8 Å². The second-order valence-corrected chi connectivity index (χ2v) is 4.76. The van der Waals surface area contributed by atoms with E-state index in [9.17, 15) is 14.9 Å². The number of amides is 1. The van der Waals surface area contributed by atoms with E-state index in [4.69, 9.17) is 5.73 Å². The summed E-state index contributed by atoms with van der Waals surface area (Å²) in [4.78, 5) is 23.8. The summed E-state index contributed by atoms with van der Waals surface area (Å²) in [5.74, 6) is -0.176. The molecule has 0 aliphatic rings. The maximum atomic E-state index is 12.2. The van der Waals surface area contributed by atoms with Gasteiger partial charge in [0.25, 0.3) is 5.69 Å². The standard InChI is InChI=1S/C13H19N3O3/c1-9(2)12(8-14)13(17)15(3)10-4-6-11(7-5-10)16(18)19/h4-7,9,12H,8,14H2,1-3H3. The van der Waals surface area contributed by atoms with E-state index in [0.29, 0.717) is 5.69 Å². The van der Waals surface area contributed by atoms with Crippen molar-refractivity contribution in [3.8, 4) is 0 Å². The summed E-state index contributed by atoms with van der Waals surface area (Å²) in [6.45, 7) is 4.17. The molecule has 6 heteroatoms. The molecular weight excluding hydrogens is 246 g/mol. The normalized spacial score (nSPS) is 12.3. The minimum absolute atomic E-state index is 0.00355. The molecule has 0 aromatic heterocycles. The molecule has 19 heavy (non-hydrogen) atoms. The molecule has 1 aromatic rings. The number of hydrogen-bond donors (Lipinski definition) is 1. The molecule has 6 nitrogen and oxygen atoms in total. The molecule has 0 bridgehead atoms. The van der Waals surface area contributed by atoms with Crippen LogP contribution in [0.5, 0.6) is 0 Å². The Morgan fingerprint density at radius 2 is 1.89 bits per heavy atom. The van der Waals surface area contributed by atoms with E-state index in [1.165, 1.54) is 17.0 Å². The molecule has 0 fully saturated rings. The zero-order valence-electron chi connectivity index (χ0n) is 11.4. The molecule has 0 spiro atoms. The van der Waals surface area contributed by atoms with Crippen LogP contribution in [-0.2, 0) is 4.79 Å². The Hall–Kier alpha value is -1.95. The van der Waals surface area contributed by atoms with Gasteiger partial charge in [0, 0.05) is 31.4 Å². The summed E-state index contributed by atoms with van der Waals surface area (Å²) < 4.78 is 0. The summed E-state index contributed by atoms with van der Waals surface area (Å²) >= 11 is 0. The molecule has 1 atom stereocenters. The fraction of sp³-hybridized carbons (Fsp3) is 0.462. The van der Waals surface area contributed by atoms with Crippen LogP contribution in [0, 0.1) is 22.0 Å². The fourth-order valence-corrected chi connectivity index (χ4v) is 1.83. The van der Waals surface area contributed by atoms with E-state index in [1.807, 2.05) is 13.8 Å². The van der Waals surface area contributed by atoms with Crippen molar-refractivity contribution < 1.29 is 9.72 Å². The molecule has 0 saturated carbocycles. The molecule has 0 aliphatic carbocycles. The predicted molar refractivity (Wildman–Crippen MR) is 73.9 cm³/mol. The summed E-state index contributed by atoms with van der Waals surface area (Å²) in [5, 5.41) is 10.6. The van der Waals surface area contributed by atoms with Gasteiger partial charge in [0.15, 0.2) is 0 Å². The molecule has 104 valence electrons. The number of carbonyl (C=O) groups is 1. The third-order valence-corrected chi connectivity index (χ3v) is 3.15. The van der Waals surface area contributed by atoms with Crippen LogP contribution >= 0.6 is 0 Å². The quantitative estimate of drug-likeness (QED) is 0.649. The Morgan fingerprint density at radius 3 is 2.26 bits per heavy atom. The second kappa shape index (κ2) is 6.29. The molecule has 1 amide bonds. The lowest BCUT2D eigenvalue weighted by molar-refractivity contribution is -0.384. The first kappa shape index (κ1) is 15.1. The Balaban J connectivity index is 2.90. The molecule has 0 radical (unpaired) electrons. The van der Waals surface area contributed by atoms with Gasteiger partial charge in [-0.15, -0.1) is 0 Å². The lowest BCUT2D eigenvalue weighted by Crippen LogP contribution is -2.39. The number of nitro groups is 1. The highest BCUT2D eigenvalue weighted by molar-refractivity contribution is 5.94. The number of rotatable bonds is 5. The average Bonchev–Trinajstić information content (AvgIpc) is 2.38. The van der Waals surface area contributed by atoms with Crippen molar-refractivity contribution in [1.82, 2.24) is 0 Å². The van der Waals surface area contributed by atoms with Gasteiger partial charge in [-0.25, -0.2) is 0 Å². The fourth-order valence-electron chi connectivity index (χ4n) is 1.83. The van der Waals surface area contributed by atoms with Crippen LogP contribution < -0.4 is 10.6 Å². The third kappa shape index (κ3) is 3.51. The molecule has 1 unspecified atom stereocenters. The molecular formula is C13H19N3O3. The smallest absolute Gasteiger partial charge is 0.269 e. The molecule has 2 N–H and O–H groups in total. The highest BCUT2D eigenvalue weighted by atomic mass is 16.6. The van der Waals surface area contributed by atoms with Crippen molar-refractivity contribution in [3.63, 3.8) is 0 Å². The zero-order chi connectivity index (χ0) is 14.6. The van der Waals surface area contributed by atoms with Crippen LogP contribution in [-0.4, -0.2) is 24.4 Å². The van der Waals surface area contributed by atoms with Crippen LogP contribution in [0.15, 0.2) is 24.3 Å². The average molecular weight is 265 g/mol. The third-order valence-electron chi connectivity index (χ3n) is 3.15. The number of carbonyl (C=O) groups excluding carboxylic acids is 1. The van der Waals surface area contributed by atoms with Crippen molar-refractivity contribution >= 4 is 17.3 Å². The van der Waals surface area contributed by atoms with E-state index < -0.39 is 4.92 Å². The second-order valence-electron chi connectivity index (χ2n) is 4.76. The van der Waals surface area contributed by atoms with E-state index in [1.54, 1.807) is 19.2 Å². The minimum atomic E-state index is -0.470. The monoisotopic (exact) mass is 265 g/mol. The summed E-state index contributed by atoms with van der Waals surface area (Å²) in [7, 11) is 1.65. The van der Waals surface area contributed by atoms with Crippen LogP contribution in [0.25, 0.3) is 0 Å². The van der Waals surface area contributed by atoms with Crippen LogP contribution in [0.4, 0.5) is 11.4 Å². The number of non-ortho nitro benzene ring substituents is 1. The highest BCUT2D eigenvalue weighted by Gasteiger charge is 2.24. The van der Waals surface area contributed by atoms with Crippen LogP contribution in [0.3, 0.4) is 0 Å².